The van der Waals surface area contributed by atoms with E-state index in [0.29, 0.717) is 43.3 Å². The molecule has 0 aliphatic carbocycles. The molecule has 2 fully saturated rings. The molecule has 7 nitrogen and oxygen atoms in total. The maximum atomic E-state index is 12.8. The molecule has 0 saturated carbocycles. The summed E-state index contributed by atoms with van der Waals surface area (Å²) < 4.78 is 5.42. The van der Waals surface area contributed by atoms with Crippen LogP contribution in [0.5, 0.6) is 0 Å². The molecule has 0 bridgehead atoms. The minimum atomic E-state index is -0.101. The Morgan fingerprint density at radius 3 is 2.53 bits per heavy atom. The molecule has 2 saturated heterocycles. The molecular weight excluding hydrogens is 404 g/mol. The second kappa shape index (κ2) is 10.6. The molecule has 1 aromatic carbocycles. The van der Waals surface area contributed by atoms with Crippen LogP contribution >= 0.6 is 11.6 Å². The van der Waals surface area contributed by atoms with Crippen molar-refractivity contribution < 1.29 is 14.3 Å². The zero-order chi connectivity index (χ0) is 21.6. The molecule has 0 spiro atoms. The van der Waals surface area contributed by atoms with Crippen molar-refractivity contribution in [1.29, 1.82) is 0 Å². The van der Waals surface area contributed by atoms with Gasteiger partial charge in [-0.15, -0.1) is 0 Å². The monoisotopic (exact) mass is 436 g/mol. The SMILES string of the molecule is CC(C)(CNC(=O)CN1CCCN(C(=O)c2ccccc2Cl)CC1)N1CCOCC1. The van der Waals surface area contributed by atoms with Crippen LogP contribution in [0.3, 0.4) is 0 Å². The van der Waals surface area contributed by atoms with Crippen LogP contribution in [-0.2, 0) is 9.53 Å². The molecule has 0 unspecified atom stereocenters. The summed E-state index contributed by atoms with van der Waals surface area (Å²) >= 11 is 6.18. The Morgan fingerprint density at radius 2 is 1.80 bits per heavy atom. The number of carbonyl (C=O) groups is 2. The number of nitrogens with zero attached hydrogens (tertiary/aromatic N) is 3. The van der Waals surface area contributed by atoms with E-state index in [0.717, 1.165) is 39.3 Å². The van der Waals surface area contributed by atoms with Crippen LogP contribution in [0.1, 0.15) is 30.6 Å². The smallest absolute Gasteiger partial charge is 0.255 e. The highest BCUT2D eigenvalue weighted by Crippen LogP contribution is 2.18. The Hall–Kier alpha value is -1.67. The first kappa shape index (κ1) is 23.0. The first-order valence-electron chi connectivity index (χ1n) is 10.7. The van der Waals surface area contributed by atoms with Crippen molar-refractivity contribution in [3.63, 3.8) is 0 Å². The van der Waals surface area contributed by atoms with Gasteiger partial charge in [0.1, 0.15) is 0 Å². The van der Waals surface area contributed by atoms with E-state index in [1.165, 1.54) is 0 Å². The number of amides is 2. The lowest BCUT2D eigenvalue weighted by molar-refractivity contribution is -0.123. The van der Waals surface area contributed by atoms with Crippen LogP contribution in [0.4, 0.5) is 0 Å². The molecule has 0 aromatic heterocycles. The summed E-state index contributed by atoms with van der Waals surface area (Å²) in [7, 11) is 0. The molecule has 1 N–H and O–H groups in total. The third-order valence-electron chi connectivity index (χ3n) is 5.93. The molecule has 30 heavy (non-hydrogen) atoms. The van der Waals surface area contributed by atoms with Gasteiger partial charge in [-0.05, 0) is 32.4 Å². The van der Waals surface area contributed by atoms with Gasteiger partial charge in [0.05, 0.1) is 30.3 Å². The fraction of sp³-hybridized carbons (Fsp3) is 0.636. The normalized spacial score (nSPS) is 19.4. The summed E-state index contributed by atoms with van der Waals surface area (Å²) in [6.45, 7) is 11.3. The summed E-state index contributed by atoms with van der Waals surface area (Å²) in [4.78, 5) is 31.7. The summed E-state index contributed by atoms with van der Waals surface area (Å²) in [5.74, 6) is -0.0126. The highest BCUT2D eigenvalue weighted by atomic mass is 35.5. The quantitative estimate of drug-likeness (QED) is 0.735. The number of hydrogen-bond donors (Lipinski definition) is 1. The van der Waals surface area contributed by atoms with Crippen LogP contribution in [0.2, 0.25) is 5.02 Å². The predicted octanol–water partition coefficient (Wildman–Crippen LogP) is 1.71. The Kier molecular flexibility index (Phi) is 8.11. The predicted molar refractivity (Wildman–Crippen MR) is 118 cm³/mol. The largest absolute Gasteiger partial charge is 0.379 e. The molecule has 0 atom stereocenters. The number of rotatable bonds is 6. The van der Waals surface area contributed by atoms with Gasteiger partial charge in [0.25, 0.3) is 5.91 Å². The molecular formula is C22H33ClN4O3. The Morgan fingerprint density at radius 1 is 1.07 bits per heavy atom. The number of ether oxygens (including phenoxy) is 1. The maximum Gasteiger partial charge on any atom is 0.255 e. The number of halogens is 1. The van der Waals surface area contributed by atoms with E-state index in [1.54, 1.807) is 12.1 Å². The number of hydrogen-bond acceptors (Lipinski definition) is 5. The maximum absolute atomic E-state index is 12.8. The average molecular weight is 437 g/mol. The van der Waals surface area contributed by atoms with E-state index in [2.05, 4.69) is 29.0 Å². The van der Waals surface area contributed by atoms with Gasteiger partial charge in [0, 0.05) is 51.4 Å². The van der Waals surface area contributed by atoms with E-state index in [4.69, 9.17) is 16.3 Å². The minimum absolute atomic E-state index is 0.0298. The van der Waals surface area contributed by atoms with Gasteiger partial charge in [-0.25, -0.2) is 0 Å². The topological polar surface area (TPSA) is 65.1 Å². The second-order valence-electron chi connectivity index (χ2n) is 8.59. The van der Waals surface area contributed by atoms with Crippen LogP contribution in [0.15, 0.2) is 24.3 Å². The Bertz CT molecular complexity index is 737. The standard InChI is InChI=1S/C22H33ClN4O3/c1-22(2,27-12-14-30-15-13-27)17-24-20(28)16-25-8-5-9-26(11-10-25)21(29)18-6-3-4-7-19(18)23/h3-4,6-7H,5,8-17H2,1-2H3,(H,24,28). The number of benzene rings is 1. The van der Waals surface area contributed by atoms with Gasteiger partial charge in [-0.1, -0.05) is 23.7 Å². The molecule has 0 radical (unpaired) electrons. The van der Waals surface area contributed by atoms with Crippen molar-refractivity contribution >= 4 is 23.4 Å². The highest BCUT2D eigenvalue weighted by Gasteiger charge is 2.29. The number of nitrogens with one attached hydrogen (secondary N) is 1. The summed E-state index contributed by atoms with van der Waals surface area (Å²) in [5.41, 5.74) is 0.437. The second-order valence-corrected chi connectivity index (χ2v) is 9.00. The lowest BCUT2D eigenvalue weighted by Gasteiger charge is -2.41. The van der Waals surface area contributed by atoms with E-state index in [1.807, 2.05) is 17.0 Å². The molecule has 2 amide bonds. The Labute approximate surface area is 184 Å². The molecule has 166 valence electrons. The number of carbonyl (C=O) groups excluding carboxylic acids is 2. The summed E-state index contributed by atoms with van der Waals surface area (Å²) in [6.07, 6.45) is 0.836. The molecule has 2 aliphatic rings. The summed E-state index contributed by atoms with van der Waals surface area (Å²) in [6, 6.07) is 7.15. The van der Waals surface area contributed by atoms with Crippen LogP contribution < -0.4 is 5.32 Å². The number of morpholine rings is 1. The van der Waals surface area contributed by atoms with Crippen LogP contribution in [0, 0.1) is 0 Å². The zero-order valence-electron chi connectivity index (χ0n) is 18.0. The fourth-order valence-corrected chi connectivity index (χ4v) is 4.21. The lowest BCUT2D eigenvalue weighted by Crippen LogP contribution is -2.56. The third-order valence-corrected chi connectivity index (χ3v) is 6.26. The van der Waals surface area contributed by atoms with Crippen molar-refractivity contribution in [2.75, 3.05) is 65.6 Å². The first-order chi connectivity index (χ1) is 14.4. The van der Waals surface area contributed by atoms with Gasteiger partial charge in [-0.3, -0.25) is 19.4 Å². The molecule has 8 heteroatoms. The van der Waals surface area contributed by atoms with Crippen molar-refractivity contribution in [2.45, 2.75) is 25.8 Å². The first-order valence-corrected chi connectivity index (χ1v) is 11.1. The molecule has 2 aliphatic heterocycles. The van der Waals surface area contributed by atoms with Crippen molar-refractivity contribution in [2.24, 2.45) is 0 Å². The Balaban J connectivity index is 1.45. The van der Waals surface area contributed by atoms with E-state index in [-0.39, 0.29) is 17.4 Å². The van der Waals surface area contributed by atoms with Gasteiger partial charge < -0.3 is 15.0 Å². The van der Waals surface area contributed by atoms with Gasteiger partial charge >= 0.3 is 0 Å². The zero-order valence-corrected chi connectivity index (χ0v) is 18.8. The van der Waals surface area contributed by atoms with Crippen molar-refractivity contribution in [3.8, 4) is 0 Å². The van der Waals surface area contributed by atoms with Crippen LogP contribution in [0.25, 0.3) is 0 Å². The van der Waals surface area contributed by atoms with Gasteiger partial charge in [0.15, 0.2) is 0 Å². The molecule has 1 aromatic rings. The third kappa shape index (κ3) is 6.17. The lowest BCUT2D eigenvalue weighted by atomic mass is 10.0. The van der Waals surface area contributed by atoms with Crippen LogP contribution in [-0.4, -0.2) is 97.6 Å². The van der Waals surface area contributed by atoms with Gasteiger partial charge in [-0.2, -0.15) is 0 Å². The average Bonchev–Trinajstić information content (AvgIpc) is 2.98. The minimum Gasteiger partial charge on any atom is -0.379 e. The van der Waals surface area contributed by atoms with Crippen molar-refractivity contribution in [1.82, 2.24) is 20.0 Å². The summed E-state index contributed by atoms with van der Waals surface area (Å²) in [5, 5.41) is 3.57. The molecule has 2 heterocycles. The van der Waals surface area contributed by atoms with Gasteiger partial charge in [0.2, 0.25) is 5.91 Å². The van der Waals surface area contributed by atoms with E-state index in [9.17, 15) is 9.59 Å². The van der Waals surface area contributed by atoms with Crippen molar-refractivity contribution in [3.05, 3.63) is 34.9 Å². The highest BCUT2D eigenvalue weighted by molar-refractivity contribution is 6.33. The fourth-order valence-electron chi connectivity index (χ4n) is 3.99. The van der Waals surface area contributed by atoms with E-state index < -0.39 is 0 Å². The van der Waals surface area contributed by atoms with E-state index >= 15 is 0 Å². The molecule has 3 rings (SSSR count).